The molecule has 98 valence electrons. The van der Waals surface area contributed by atoms with Crippen LogP contribution in [0, 0.1) is 6.92 Å². The number of nitrogens with one attached hydrogen (secondary N) is 2. The van der Waals surface area contributed by atoms with Crippen LogP contribution in [0.1, 0.15) is 21.5 Å². The molecule has 3 heteroatoms. The summed E-state index contributed by atoms with van der Waals surface area (Å²) in [4.78, 5) is 12.1. The van der Waals surface area contributed by atoms with Crippen LogP contribution in [0.4, 0.5) is 5.69 Å². The monoisotopic (exact) mass is 254 g/mol. The zero-order chi connectivity index (χ0) is 13.7. The van der Waals surface area contributed by atoms with Crippen molar-refractivity contribution in [3.05, 3.63) is 65.2 Å². The molecule has 0 saturated heterocycles. The second-order valence-corrected chi connectivity index (χ2v) is 4.55. The van der Waals surface area contributed by atoms with E-state index in [1.54, 1.807) is 0 Å². The van der Waals surface area contributed by atoms with Crippen molar-refractivity contribution in [3.63, 3.8) is 0 Å². The molecule has 0 atom stereocenters. The largest absolute Gasteiger partial charge is 0.322 e. The predicted molar refractivity (Wildman–Crippen MR) is 78.3 cm³/mol. The van der Waals surface area contributed by atoms with Crippen LogP contribution in [0.3, 0.4) is 0 Å². The number of anilines is 1. The third-order valence-electron chi connectivity index (χ3n) is 2.88. The minimum Gasteiger partial charge on any atom is -0.322 e. The molecule has 2 aromatic carbocycles. The van der Waals surface area contributed by atoms with Gasteiger partial charge in [0.25, 0.3) is 5.91 Å². The fourth-order valence-electron chi connectivity index (χ4n) is 1.87. The first kappa shape index (κ1) is 13.3. The first-order chi connectivity index (χ1) is 9.19. The Morgan fingerprint density at radius 3 is 2.53 bits per heavy atom. The smallest absolute Gasteiger partial charge is 0.255 e. The van der Waals surface area contributed by atoms with Crippen molar-refractivity contribution in [1.29, 1.82) is 0 Å². The first-order valence-corrected chi connectivity index (χ1v) is 6.30. The molecule has 0 aliphatic heterocycles. The fourth-order valence-corrected chi connectivity index (χ4v) is 1.87. The molecule has 0 bridgehead atoms. The molecule has 0 fully saturated rings. The lowest BCUT2D eigenvalue weighted by atomic mass is 10.1. The number of rotatable bonds is 4. The van der Waals surface area contributed by atoms with E-state index in [4.69, 9.17) is 0 Å². The third kappa shape index (κ3) is 3.66. The van der Waals surface area contributed by atoms with Gasteiger partial charge in [0.05, 0.1) is 0 Å². The van der Waals surface area contributed by atoms with E-state index < -0.39 is 0 Å². The highest BCUT2D eigenvalue weighted by Gasteiger charge is 2.05. The number of carbonyl (C=O) groups excluding carboxylic acids is 1. The zero-order valence-electron chi connectivity index (χ0n) is 11.2. The summed E-state index contributed by atoms with van der Waals surface area (Å²) in [5, 5.41) is 6.00. The molecule has 0 radical (unpaired) electrons. The lowest BCUT2D eigenvalue weighted by Crippen LogP contribution is -2.12. The average Bonchev–Trinajstić information content (AvgIpc) is 2.40. The minimum absolute atomic E-state index is 0.0818. The summed E-state index contributed by atoms with van der Waals surface area (Å²) >= 11 is 0. The Labute approximate surface area is 113 Å². The summed E-state index contributed by atoms with van der Waals surface area (Å²) in [6.45, 7) is 2.79. The summed E-state index contributed by atoms with van der Waals surface area (Å²) in [6, 6.07) is 15.4. The molecule has 2 rings (SSSR count). The number of hydrogen-bond donors (Lipinski definition) is 2. The minimum atomic E-state index is -0.0818. The van der Waals surface area contributed by atoms with Crippen LogP contribution in [-0.4, -0.2) is 13.0 Å². The highest BCUT2D eigenvalue weighted by atomic mass is 16.1. The van der Waals surface area contributed by atoms with Gasteiger partial charge in [0, 0.05) is 17.8 Å². The van der Waals surface area contributed by atoms with Gasteiger partial charge in [-0.2, -0.15) is 0 Å². The summed E-state index contributed by atoms with van der Waals surface area (Å²) in [5.41, 5.74) is 3.78. The Morgan fingerprint density at radius 2 is 1.84 bits per heavy atom. The van der Waals surface area contributed by atoms with Gasteiger partial charge in [0.2, 0.25) is 0 Å². The highest BCUT2D eigenvalue weighted by Crippen LogP contribution is 2.12. The van der Waals surface area contributed by atoms with Crippen LogP contribution in [0.5, 0.6) is 0 Å². The number of amides is 1. The Kier molecular flexibility index (Phi) is 4.31. The van der Waals surface area contributed by atoms with Crippen LogP contribution in [0.15, 0.2) is 48.5 Å². The van der Waals surface area contributed by atoms with E-state index >= 15 is 0 Å². The van der Waals surface area contributed by atoms with Gasteiger partial charge in [-0.05, 0) is 43.8 Å². The molecular formula is C16H18N2O. The van der Waals surface area contributed by atoms with Crippen molar-refractivity contribution >= 4 is 11.6 Å². The van der Waals surface area contributed by atoms with Crippen LogP contribution in [0.25, 0.3) is 0 Å². The van der Waals surface area contributed by atoms with Crippen molar-refractivity contribution in [3.8, 4) is 0 Å². The molecule has 0 unspecified atom stereocenters. The standard InChI is InChI=1S/C16H18N2O/c1-12-6-8-14(9-7-12)16(19)18-15-5-3-4-13(10-15)11-17-2/h3-10,17H,11H2,1-2H3,(H,18,19). The van der Waals surface area contributed by atoms with Crippen molar-refractivity contribution in [1.82, 2.24) is 5.32 Å². The highest BCUT2D eigenvalue weighted by molar-refractivity contribution is 6.04. The summed E-state index contributed by atoms with van der Waals surface area (Å²) in [5.74, 6) is -0.0818. The van der Waals surface area contributed by atoms with Crippen LogP contribution < -0.4 is 10.6 Å². The van der Waals surface area contributed by atoms with E-state index in [0.29, 0.717) is 5.56 Å². The van der Waals surface area contributed by atoms with E-state index in [1.165, 1.54) is 0 Å². The van der Waals surface area contributed by atoms with E-state index in [2.05, 4.69) is 10.6 Å². The Bertz CT molecular complexity index is 561. The molecule has 0 aromatic heterocycles. The zero-order valence-corrected chi connectivity index (χ0v) is 11.2. The van der Waals surface area contributed by atoms with Crippen LogP contribution in [-0.2, 0) is 6.54 Å². The van der Waals surface area contributed by atoms with Crippen molar-refractivity contribution in [2.24, 2.45) is 0 Å². The summed E-state index contributed by atoms with van der Waals surface area (Å²) in [6.07, 6.45) is 0. The predicted octanol–water partition coefficient (Wildman–Crippen LogP) is 2.97. The second-order valence-electron chi connectivity index (χ2n) is 4.55. The van der Waals surface area contributed by atoms with E-state index in [9.17, 15) is 4.79 Å². The Hall–Kier alpha value is -2.13. The van der Waals surface area contributed by atoms with E-state index in [0.717, 1.165) is 23.4 Å². The van der Waals surface area contributed by atoms with Gasteiger partial charge < -0.3 is 10.6 Å². The maximum absolute atomic E-state index is 12.1. The van der Waals surface area contributed by atoms with Crippen LogP contribution >= 0.6 is 0 Å². The van der Waals surface area contributed by atoms with Gasteiger partial charge in [-0.25, -0.2) is 0 Å². The average molecular weight is 254 g/mol. The maximum Gasteiger partial charge on any atom is 0.255 e. The van der Waals surface area contributed by atoms with Gasteiger partial charge >= 0.3 is 0 Å². The normalized spacial score (nSPS) is 10.2. The molecule has 3 nitrogen and oxygen atoms in total. The topological polar surface area (TPSA) is 41.1 Å². The van der Waals surface area contributed by atoms with Gasteiger partial charge in [-0.3, -0.25) is 4.79 Å². The van der Waals surface area contributed by atoms with Gasteiger partial charge in [-0.1, -0.05) is 29.8 Å². The summed E-state index contributed by atoms with van der Waals surface area (Å²) in [7, 11) is 1.90. The summed E-state index contributed by atoms with van der Waals surface area (Å²) < 4.78 is 0. The Balaban J connectivity index is 2.10. The van der Waals surface area contributed by atoms with Gasteiger partial charge in [0.15, 0.2) is 0 Å². The molecule has 0 heterocycles. The fraction of sp³-hybridized carbons (Fsp3) is 0.188. The van der Waals surface area contributed by atoms with Crippen molar-refractivity contribution < 1.29 is 4.79 Å². The Morgan fingerprint density at radius 1 is 1.11 bits per heavy atom. The molecule has 0 aliphatic carbocycles. The van der Waals surface area contributed by atoms with E-state index in [1.807, 2.05) is 62.5 Å². The third-order valence-corrected chi connectivity index (χ3v) is 2.88. The lowest BCUT2D eigenvalue weighted by molar-refractivity contribution is 0.102. The van der Waals surface area contributed by atoms with E-state index in [-0.39, 0.29) is 5.91 Å². The molecule has 0 aliphatic rings. The number of carbonyl (C=O) groups is 1. The molecule has 19 heavy (non-hydrogen) atoms. The van der Waals surface area contributed by atoms with Crippen LogP contribution in [0.2, 0.25) is 0 Å². The quantitative estimate of drug-likeness (QED) is 0.880. The molecule has 2 N–H and O–H groups in total. The molecule has 0 saturated carbocycles. The maximum atomic E-state index is 12.1. The molecule has 0 spiro atoms. The van der Waals surface area contributed by atoms with Gasteiger partial charge in [0.1, 0.15) is 0 Å². The van der Waals surface area contributed by atoms with Gasteiger partial charge in [-0.15, -0.1) is 0 Å². The molecule has 2 aromatic rings. The number of hydrogen-bond acceptors (Lipinski definition) is 2. The molecule has 1 amide bonds. The van der Waals surface area contributed by atoms with Crippen molar-refractivity contribution in [2.75, 3.05) is 12.4 Å². The van der Waals surface area contributed by atoms with Crippen molar-refractivity contribution in [2.45, 2.75) is 13.5 Å². The lowest BCUT2D eigenvalue weighted by Gasteiger charge is -2.07. The first-order valence-electron chi connectivity index (χ1n) is 6.30. The second kappa shape index (κ2) is 6.16. The number of aryl methyl sites for hydroxylation is 1. The molecular weight excluding hydrogens is 236 g/mol. The number of benzene rings is 2. The SMILES string of the molecule is CNCc1cccc(NC(=O)c2ccc(C)cc2)c1.